The van der Waals surface area contributed by atoms with Crippen molar-refractivity contribution in [3.05, 3.63) is 36.5 Å². The first kappa shape index (κ1) is 69.6. The molecule has 0 aliphatic rings. The van der Waals surface area contributed by atoms with Gasteiger partial charge in [0.05, 0.1) is 0 Å². The fourth-order valence-electron chi connectivity index (χ4n) is 9.53. The van der Waals surface area contributed by atoms with Crippen LogP contribution in [0.5, 0.6) is 0 Å². The van der Waals surface area contributed by atoms with Crippen molar-refractivity contribution in [2.24, 2.45) is 0 Å². The Morgan fingerprint density at radius 2 is 0.500 bits per heavy atom. The smallest absolute Gasteiger partial charge is 0.306 e. The van der Waals surface area contributed by atoms with E-state index >= 15 is 0 Å². The van der Waals surface area contributed by atoms with Gasteiger partial charge in [0.2, 0.25) is 0 Å². The molecule has 72 heavy (non-hydrogen) atoms. The highest BCUT2D eigenvalue weighted by Gasteiger charge is 2.19. The highest BCUT2D eigenvalue weighted by molar-refractivity contribution is 5.71. The Labute approximate surface area is 448 Å². The van der Waals surface area contributed by atoms with Gasteiger partial charge < -0.3 is 14.2 Å². The SMILES string of the molecule is CCCCC/C=C\C/C=C\CCCCCCCCCCCC(=O)OC(COC(=O)CCCCCCCC)COC(=O)CCCCCCCCCCCCCCCCCCC/C=C\CCCCCCCCCC. The van der Waals surface area contributed by atoms with E-state index in [0.29, 0.717) is 19.3 Å². The Kier molecular flexibility index (Phi) is 59.2. The number of allylic oxidation sites excluding steroid dienone is 6. The van der Waals surface area contributed by atoms with Crippen LogP contribution in [0, 0.1) is 0 Å². The highest BCUT2D eigenvalue weighted by Crippen LogP contribution is 2.17. The predicted octanol–water partition coefficient (Wildman–Crippen LogP) is 21.6. The number of hydrogen-bond acceptors (Lipinski definition) is 6. The second-order valence-electron chi connectivity index (χ2n) is 21.7. The van der Waals surface area contributed by atoms with Crippen LogP contribution < -0.4 is 0 Å². The summed E-state index contributed by atoms with van der Waals surface area (Å²) in [4.78, 5) is 38.0. The Hall–Kier alpha value is -2.37. The molecule has 0 N–H and O–H groups in total. The van der Waals surface area contributed by atoms with E-state index in [1.54, 1.807) is 0 Å². The third-order valence-electron chi connectivity index (χ3n) is 14.4. The first-order chi connectivity index (χ1) is 35.5. The van der Waals surface area contributed by atoms with Gasteiger partial charge >= 0.3 is 17.9 Å². The molecule has 0 spiro atoms. The monoisotopic (exact) mass is 1010 g/mol. The second kappa shape index (κ2) is 61.2. The fraction of sp³-hybridized carbons (Fsp3) is 0.864. The molecule has 6 nitrogen and oxygen atoms in total. The molecule has 0 heterocycles. The molecular formula is C66H122O6. The quantitative estimate of drug-likeness (QED) is 0.0261. The van der Waals surface area contributed by atoms with Crippen molar-refractivity contribution in [2.45, 2.75) is 354 Å². The maximum atomic E-state index is 12.8. The van der Waals surface area contributed by atoms with Gasteiger partial charge in [0.1, 0.15) is 13.2 Å². The third kappa shape index (κ3) is 58.5. The molecule has 0 radical (unpaired) electrons. The lowest BCUT2D eigenvalue weighted by atomic mass is 10.0. The molecule has 0 saturated carbocycles. The lowest BCUT2D eigenvalue weighted by Gasteiger charge is -2.18. The van der Waals surface area contributed by atoms with Gasteiger partial charge in [-0.25, -0.2) is 0 Å². The molecule has 0 saturated heterocycles. The van der Waals surface area contributed by atoms with Gasteiger partial charge in [0.25, 0.3) is 0 Å². The summed E-state index contributed by atoms with van der Waals surface area (Å²) in [5, 5.41) is 0. The molecule has 0 aliphatic heterocycles. The standard InChI is InChI=1S/C66H122O6/c1-4-7-10-13-16-18-20-22-24-26-28-29-30-31-32-33-34-35-36-37-39-40-42-44-46-48-50-53-56-59-65(68)71-62-63(61-70-64(67)58-55-52-15-12-9-6-3)72-66(69)60-57-54-51-49-47-45-43-41-38-27-25-23-21-19-17-14-11-8-5-2/h17,19,23,25-26,28,63H,4-16,18,20-22,24,27,29-62H2,1-3H3/b19-17-,25-23-,28-26-. The number of ether oxygens (including phenoxy) is 3. The van der Waals surface area contributed by atoms with Crippen LogP contribution in [0.2, 0.25) is 0 Å². The van der Waals surface area contributed by atoms with Gasteiger partial charge in [-0.05, 0) is 77.0 Å². The second-order valence-corrected chi connectivity index (χ2v) is 21.7. The van der Waals surface area contributed by atoms with Crippen LogP contribution in [0.1, 0.15) is 348 Å². The average molecular weight is 1010 g/mol. The predicted molar refractivity (Wildman–Crippen MR) is 312 cm³/mol. The van der Waals surface area contributed by atoms with E-state index in [0.717, 1.165) is 64.2 Å². The lowest BCUT2D eigenvalue weighted by Crippen LogP contribution is -2.30. The van der Waals surface area contributed by atoms with Crippen molar-refractivity contribution < 1.29 is 28.6 Å². The fourth-order valence-corrected chi connectivity index (χ4v) is 9.53. The molecule has 0 bridgehead atoms. The van der Waals surface area contributed by atoms with Gasteiger partial charge in [-0.15, -0.1) is 0 Å². The van der Waals surface area contributed by atoms with E-state index in [1.165, 1.54) is 244 Å². The van der Waals surface area contributed by atoms with Gasteiger partial charge in [-0.3, -0.25) is 14.4 Å². The zero-order chi connectivity index (χ0) is 52.2. The Morgan fingerprint density at radius 3 is 0.806 bits per heavy atom. The summed E-state index contributed by atoms with van der Waals surface area (Å²) in [5.41, 5.74) is 0. The van der Waals surface area contributed by atoms with Gasteiger partial charge in [0.15, 0.2) is 6.10 Å². The van der Waals surface area contributed by atoms with Crippen molar-refractivity contribution in [3.63, 3.8) is 0 Å². The van der Waals surface area contributed by atoms with E-state index in [2.05, 4.69) is 57.2 Å². The molecule has 1 atom stereocenters. The minimum atomic E-state index is -0.769. The normalized spacial score (nSPS) is 12.2. The van der Waals surface area contributed by atoms with Crippen LogP contribution in [-0.2, 0) is 28.6 Å². The number of hydrogen-bond donors (Lipinski definition) is 0. The van der Waals surface area contributed by atoms with E-state index in [1.807, 2.05) is 0 Å². The van der Waals surface area contributed by atoms with Crippen LogP contribution in [0.3, 0.4) is 0 Å². The van der Waals surface area contributed by atoms with E-state index in [9.17, 15) is 14.4 Å². The molecule has 422 valence electrons. The molecule has 1 unspecified atom stereocenters. The number of carbonyl (C=O) groups is 3. The van der Waals surface area contributed by atoms with E-state index in [-0.39, 0.29) is 31.1 Å². The number of carbonyl (C=O) groups excluding carboxylic acids is 3. The maximum absolute atomic E-state index is 12.8. The average Bonchev–Trinajstić information content (AvgIpc) is 3.38. The van der Waals surface area contributed by atoms with Gasteiger partial charge in [0, 0.05) is 19.3 Å². The summed E-state index contributed by atoms with van der Waals surface area (Å²) in [7, 11) is 0. The molecular weight excluding hydrogens is 889 g/mol. The highest BCUT2D eigenvalue weighted by atomic mass is 16.6. The topological polar surface area (TPSA) is 78.9 Å². The summed E-state index contributed by atoms with van der Waals surface area (Å²) in [6.07, 6.45) is 74.8. The first-order valence-electron chi connectivity index (χ1n) is 32.0. The molecule has 0 aromatic heterocycles. The minimum absolute atomic E-state index is 0.0700. The van der Waals surface area contributed by atoms with Crippen LogP contribution in [-0.4, -0.2) is 37.2 Å². The first-order valence-corrected chi connectivity index (χ1v) is 32.0. The van der Waals surface area contributed by atoms with Crippen LogP contribution in [0.15, 0.2) is 36.5 Å². The summed E-state index contributed by atoms with van der Waals surface area (Å²) in [5.74, 6) is -0.865. The van der Waals surface area contributed by atoms with Crippen LogP contribution in [0.4, 0.5) is 0 Å². The van der Waals surface area contributed by atoms with Crippen LogP contribution >= 0.6 is 0 Å². The summed E-state index contributed by atoms with van der Waals surface area (Å²) >= 11 is 0. The molecule has 0 rings (SSSR count). The zero-order valence-electron chi connectivity index (χ0n) is 48.5. The van der Waals surface area contributed by atoms with Crippen molar-refractivity contribution >= 4 is 17.9 Å². The number of rotatable bonds is 59. The molecule has 0 aromatic carbocycles. The summed E-state index contributed by atoms with van der Waals surface area (Å²) in [6.45, 7) is 6.60. The van der Waals surface area contributed by atoms with E-state index in [4.69, 9.17) is 14.2 Å². The largest absolute Gasteiger partial charge is 0.462 e. The van der Waals surface area contributed by atoms with Crippen molar-refractivity contribution in [1.29, 1.82) is 0 Å². The molecule has 0 aromatic rings. The Balaban J connectivity index is 4.00. The Morgan fingerprint density at radius 1 is 0.278 bits per heavy atom. The molecule has 0 amide bonds. The van der Waals surface area contributed by atoms with Crippen molar-refractivity contribution in [1.82, 2.24) is 0 Å². The molecule has 6 heteroatoms. The number of unbranched alkanes of at least 4 members (excludes halogenated alkanes) is 42. The summed E-state index contributed by atoms with van der Waals surface area (Å²) < 4.78 is 16.8. The van der Waals surface area contributed by atoms with E-state index < -0.39 is 6.10 Å². The van der Waals surface area contributed by atoms with Gasteiger partial charge in [-0.2, -0.15) is 0 Å². The Bertz CT molecular complexity index is 1210. The van der Waals surface area contributed by atoms with Crippen molar-refractivity contribution in [2.75, 3.05) is 13.2 Å². The van der Waals surface area contributed by atoms with Crippen molar-refractivity contribution in [3.8, 4) is 0 Å². The zero-order valence-corrected chi connectivity index (χ0v) is 48.5. The molecule has 0 aliphatic carbocycles. The molecule has 0 fully saturated rings. The van der Waals surface area contributed by atoms with Crippen LogP contribution in [0.25, 0.3) is 0 Å². The minimum Gasteiger partial charge on any atom is -0.462 e. The maximum Gasteiger partial charge on any atom is 0.306 e. The lowest BCUT2D eigenvalue weighted by molar-refractivity contribution is -0.167. The summed E-state index contributed by atoms with van der Waals surface area (Å²) in [6, 6.07) is 0. The number of esters is 3. The third-order valence-corrected chi connectivity index (χ3v) is 14.4. The van der Waals surface area contributed by atoms with Gasteiger partial charge in [-0.1, -0.05) is 288 Å².